The second kappa shape index (κ2) is 9.63. The number of hydrogen-bond donors (Lipinski definition) is 2. The lowest BCUT2D eigenvalue weighted by molar-refractivity contribution is -0.168. The first-order chi connectivity index (χ1) is 17.6. The first-order valence-electron chi connectivity index (χ1n) is 11.4. The number of aromatic nitrogens is 6. The number of fused-ring (bicyclic) bond motifs is 1. The fourth-order valence-electron chi connectivity index (χ4n) is 4.80. The molecule has 1 fully saturated rings. The topological polar surface area (TPSA) is 111 Å². The summed E-state index contributed by atoms with van der Waals surface area (Å²) >= 11 is 4.95. The van der Waals surface area contributed by atoms with Gasteiger partial charge in [-0.15, -0.1) is 10.2 Å². The second-order valence-electron chi connectivity index (χ2n) is 9.04. The van der Waals surface area contributed by atoms with Crippen molar-refractivity contribution in [2.24, 2.45) is 5.41 Å². The summed E-state index contributed by atoms with van der Waals surface area (Å²) in [6.45, 7) is 1.90. The molecule has 2 atom stereocenters. The van der Waals surface area contributed by atoms with Gasteiger partial charge in [0.2, 0.25) is 11.9 Å². The number of carbonyl (C=O) groups excluding carboxylic acids is 1. The summed E-state index contributed by atoms with van der Waals surface area (Å²) in [5.41, 5.74) is 0.707. The molecular formula is C23H22BrF3N8OS. The smallest absolute Gasteiger partial charge is 0.359 e. The van der Waals surface area contributed by atoms with E-state index in [2.05, 4.69) is 51.8 Å². The van der Waals surface area contributed by atoms with Gasteiger partial charge in [0.25, 0.3) is 0 Å². The van der Waals surface area contributed by atoms with Crippen molar-refractivity contribution in [2.45, 2.75) is 44.8 Å². The maximum absolute atomic E-state index is 13.3. The van der Waals surface area contributed by atoms with Crippen LogP contribution in [0.1, 0.15) is 30.7 Å². The van der Waals surface area contributed by atoms with E-state index in [-0.39, 0.29) is 24.8 Å². The Balaban J connectivity index is 1.40. The monoisotopic (exact) mass is 594 g/mol. The summed E-state index contributed by atoms with van der Waals surface area (Å²) in [6.07, 6.45) is -3.46. The molecule has 1 aromatic carbocycles. The van der Waals surface area contributed by atoms with Gasteiger partial charge in [0.05, 0.1) is 22.9 Å². The van der Waals surface area contributed by atoms with Gasteiger partial charge in [-0.25, -0.2) is 9.67 Å². The Morgan fingerprint density at radius 2 is 2.03 bits per heavy atom. The summed E-state index contributed by atoms with van der Waals surface area (Å²) in [6, 6.07) is 7.26. The summed E-state index contributed by atoms with van der Waals surface area (Å²) in [4.78, 5) is 21.4. The minimum atomic E-state index is -4.44. The molecular weight excluding hydrogens is 573 g/mol. The van der Waals surface area contributed by atoms with Crippen LogP contribution >= 0.6 is 27.3 Å². The Kier molecular flexibility index (Phi) is 6.64. The number of anilines is 1. The van der Waals surface area contributed by atoms with Crippen LogP contribution in [0.3, 0.4) is 0 Å². The molecule has 37 heavy (non-hydrogen) atoms. The van der Waals surface area contributed by atoms with Gasteiger partial charge in [0.1, 0.15) is 14.6 Å². The minimum absolute atomic E-state index is 0.0308. The highest BCUT2D eigenvalue weighted by Crippen LogP contribution is 2.47. The van der Waals surface area contributed by atoms with E-state index in [0.717, 1.165) is 21.3 Å². The molecule has 14 heteroatoms. The van der Waals surface area contributed by atoms with Crippen molar-refractivity contribution < 1.29 is 18.0 Å². The summed E-state index contributed by atoms with van der Waals surface area (Å²) in [5.74, 6) is -0.341. The standard InChI is InChI=1S/C23H22BrF3N8OS/c1-12-32-33-19(37-12)13-3-5-15(6-4-13)35-18-16(17(24)34-35)10-29-21(31-18)30-14-7-8-22(9-14,20(36)28-2)11-23(25,26)27/h3-6,10,14H,7-9,11H2,1-2H3,(H,28,36)(H,29,30,31)/t14-,22-/m1/s1. The average molecular weight is 595 g/mol. The Bertz CT molecular complexity index is 1450. The molecule has 5 rings (SSSR count). The highest BCUT2D eigenvalue weighted by Gasteiger charge is 2.51. The number of halogens is 4. The van der Waals surface area contributed by atoms with Crippen LogP contribution in [0, 0.1) is 12.3 Å². The summed E-state index contributed by atoms with van der Waals surface area (Å²) in [7, 11) is 1.36. The second-order valence-corrected chi connectivity index (χ2v) is 11.0. The molecule has 4 aromatic rings. The van der Waals surface area contributed by atoms with Crippen LogP contribution in [-0.2, 0) is 4.79 Å². The number of hydrogen-bond acceptors (Lipinski definition) is 8. The molecule has 2 N–H and O–H groups in total. The summed E-state index contributed by atoms with van der Waals surface area (Å²) < 4.78 is 42.0. The van der Waals surface area contributed by atoms with E-state index in [4.69, 9.17) is 0 Å². The van der Waals surface area contributed by atoms with Crippen molar-refractivity contribution in [1.82, 2.24) is 35.3 Å². The van der Waals surface area contributed by atoms with E-state index in [9.17, 15) is 18.0 Å². The molecule has 0 unspecified atom stereocenters. The fraction of sp³-hybridized carbons (Fsp3) is 0.391. The molecule has 1 saturated carbocycles. The van der Waals surface area contributed by atoms with Crippen molar-refractivity contribution in [3.63, 3.8) is 0 Å². The molecule has 3 heterocycles. The van der Waals surface area contributed by atoms with E-state index in [0.29, 0.717) is 22.1 Å². The zero-order chi connectivity index (χ0) is 26.4. The largest absolute Gasteiger partial charge is 0.390 e. The summed E-state index contributed by atoms with van der Waals surface area (Å²) in [5, 5.41) is 20.7. The van der Waals surface area contributed by atoms with Crippen molar-refractivity contribution >= 4 is 50.2 Å². The number of nitrogens with zero attached hydrogens (tertiary/aromatic N) is 6. The Morgan fingerprint density at radius 3 is 2.68 bits per heavy atom. The molecule has 1 aliphatic carbocycles. The van der Waals surface area contributed by atoms with Gasteiger partial charge < -0.3 is 10.6 Å². The molecule has 0 bridgehead atoms. The maximum Gasteiger partial charge on any atom is 0.390 e. The fourth-order valence-corrected chi connectivity index (χ4v) is 5.94. The third kappa shape index (κ3) is 5.17. The van der Waals surface area contributed by atoms with Crippen LogP contribution in [0.2, 0.25) is 0 Å². The average Bonchev–Trinajstić information content (AvgIpc) is 3.55. The van der Waals surface area contributed by atoms with Crippen LogP contribution < -0.4 is 10.6 Å². The van der Waals surface area contributed by atoms with Gasteiger partial charge in [-0.05, 0) is 66.4 Å². The predicted octanol–water partition coefficient (Wildman–Crippen LogP) is 5.05. The van der Waals surface area contributed by atoms with E-state index in [1.54, 1.807) is 10.9 Å². The molecule has 0 saturated heterocycles. The Hall–Kier alpha value is -3.13. The van der Waals surface area contributed by atoms with Crippen molar-refractivity contribution in [2.75, 3.05) is 12.4 Å². The molecule has 1 amide bonds. The van der Waals surface area contributed by atoms with Gasteiger partial charge in [-0.3, -0.25) is 4.79 Å². The molecule has 0 radical (unpaired) electrons. The van der Waals surface area contributed by atoms with E-state index >= 15 is 0 Å². The highest BCUT2D eigenvalue weighted by molar-refractivity contribution is 9.10. The van der Waals surface area contributed by atoms with Crippen LogP contribution in [-0.4, -0.2) is 55.1 Å². The van der Waals surface area contributed by atoms with E-state index in [1.807, 2.05) is 31.2 Å². The molecule has 0 aliphatic heterocycles. The normalized spacial score (nSPS) is 19.9. The maximum atomic E-state index is 13.3. The van der Waals surface area contributed by atoms with Crippen LogP contribution in [0.15, 0.2) is 35.1 Å². The van der Waals surface area contributed by atoms with Crippen LogP contribution in [0.4, 0.5) is 19.1 Å². The van der Waals surface area contributed by atoms with Crippen LogP contribution in [0.25, 0.3) is 27.3 Å². The zero-order valence-electron chi connectivity index (χ0n) is 19.8. The predicted molar refractivity (Wildman–Crippen MR) is 136 cm³/mol. The van der Waals surface area contributed by atoms with E-state index < -0.39 is 23.9 Å². The third-order valence-electron chi connectivity index (χ3n) is 6.45. The number of benzene rings is 1. The lowest BCUT2D eigenvalue weighted by Crippen LogP contribution is -2.41. The molecule has 3 aromatic heterocycles. The molecule has 194 valence electrons. The first kappa shape index (κ1) is 25.5. The minimum Gasteiger partial charge on any atom is -0.359 e. The molecule has 0 spiro atoms. The highest BCUT2D eigenvalue weighted by atomic mass is 79.9. The number of alkyl halides is 3. The molecule has 9 nitrogen and oxygen atoms in total. The quantitative estimate of drug-likeness (QED) is 0.321. The zero-order valence-corrected chi connectivity index (χ0v) is 22.2. The lowest BCUT2D eigenvalue weighted by atomic mass is 9.81. The number of aryl methyl sites for hydroxylation is 1. The van der Waals surface area contributed by atoms with Gasteiger partial charge in [0, 0.05) is 24.8 Å². The van der Waals surface area contributed by atoms with Crippen molar-refractivity contribution in [3.8, 4) is 16.3 Å². The lowest BCUT2D eigenvalue weighted by Gasteiger charge is -2.28. The van der Waals surface area contributed by atoms with Crippen molar-refractivity contribution in [1.29, 1.82) is 0 Å². The van der Waals surface area contributed by atoms with Crippen molar-refractivity contribution in [3.05, 3.63) is 40.1 Å². The van der Waals surface area contributed by atoms with E-state index in [1.165, 1.54) is 18.4 Å². The van der Waals surface area contributed by atoms with Crippen LogP contribution in [0.5, 0.6) is 0 Å². The van der Waals surface area contributed by atoms with Gasteiger partial charge in [0.15, 0.2) is 5.65 Å². The van der Waals surface area contributed by atoms with Gasteiger partial charge in [-0.2, -0.15) is 23.3 Å². The number of amides is 1. The first-order valence-corrected chi connectivity index (χ1v) is 13.1. The SMILES string of the molecule is CNC(=O)[C@]1(CC(F)(F)F)CC[C@@H](Nc2ncc3c(Br)nn(-c4ccc(-c5nnc(C)s5)cc4)c3n2)C1. The Morgan fingerprint density at radius 1 is 1.27 bits per heavy atom. The number of nitrogens with one attached hydrogen (secondary N) is 2. The number of rotatable bonds is 6. The number of carbonyl (C=O) groups is 1. The third-order valence-corrected chi connectivity index (χ3v) is 7.93. The molecule has 1 aliphatic rings. The van der Waals surface area contributed by atoms with Gasteiger partial charge in [-0.1, -0.05) is 11.3 Å². The van der Waals surface area contributed by atoms with Gasteiger partial charge >= 0.3 is 6.18 Å². The Labute approximate surface area is 222 Å².